The van der Waals surface area contributed by atoms with Crippen molar-refractivity contribution in [1.29, 1.82) is 0 Å². The SMILES string of the molecule is NCC(c1cccs1)N1CCC2(CCCC2)CC1. The van der Waals surface area contributed by atoms with Crippen LogP contribution in [0.25, 0.3) is 0 Å². The maximum Gasteiger partial charge on any atom is 0.0564 e. The van der Waals surface area contributed by atoms with Crippen LogP contribution in [0.1, 0.15) is 49.4 Å². The summed E-state index contributed by atoms with van der Waals surface area (Å²) in [5.74, 6) is 0. The standard InChI is InChI=1S/C15H24N2S/c16-12-13(14-4-3-11-18-14)17-9-7-15(8-10-17)5-1-2-6-15/h3-4,11,13H,1-2,5-10,12,16H2. The average molecular weight is 264 g/mol. The topological polar surface area (TPSA) is 29.3 Å². The molecule has 1 atom stereocenters. The van der Waals surface area contributed by atoms with Crippen LogP contribution < -0.4 is 5.73 Å². The number of piperidine rings is 1. The summed E-state index contributed by atoms with van der Waals surface area (Å²) in [4.78, 5) is 4.06. The Morgan fingerprint density at radius 1 is 1.22 bits per heavy atom. The second kappa shape index (κ2) is 5.32. The van der Waals surface area contributed by atoms with Crippen LogP contribution in [0.15, 0.2) is 17.5 Å². The quantitative estimate of drug-likeness (QED) is 0.906. The van der Waals surface area contributed by atoms with Gasteiger partial charge in [0.2, 0.25) is 0 Å². The highest BCUT2D eigenvalue weighted by Gasteiger charge is 2.38. The van der Waals surface area contributed by atoms with E-state index >= 15 is 0 Å². The summed E-state index contributed by atoms with van der Waals surface area (Å²) in [6.07, 6.45) is 8.68. The lowest BCUT2D eigenvalue weighted by Gasteiger charge is -2.42. The van der Waals surface area contributed by atoms with Gasteiger partial charge in [-0.05, 0) is 55.6 Å². The molecular formula is C15H24N2S. The second-order valence-corrected chi connectivity index (χ2v) is 6.99. The molecule has 0 aromatic carbocycles. The molecule has 1 aromatic rings. The third kappa shape index (κ3) is 2.36. The predicted molar refractivity (Wildman–Crippen MR) is 77.8 cm³/mol. The summed E-state index contributed by atoms with van der Waals surface area (Å²) in [6, 6.07) is 4.84. The largest absolute Gasteiger partial charge is 0.329 e. The molecule has 1 saturated carbocycles. The number of likely N-dealkylation sites (tertiary alicyclic amines) is 1. The third-order valence-electron chi connectivity index (χ3n) is 5.06. The van der Waals surface area contributed by atoms with Gasteiger partial charge in [-0.25, -0.2) is 0 Å². The summed E-state index contributed by atoms with van der Waals surface area (Å²) in [5.41, 5.74) is 6.72. The van der Waals surface area contributed by atoms with Crippen LogP contribution in [0, 0.1) is 5.41 Å². The lowest BCUT2D eigenvalue weighted by molar-refractivity contribution is 0.0791. The zero-order chi connectivity index (χ0) is 12.4. The van der Waals surface area contributed by atoms with Gasteiger partial charge in [0.15, 0.2) is 0 Å². The van der Waals surface area contributed by atoms with Crippen molar-refractivity contribution in [3.8, 4) is 0 Å². The fraction of sp³-hybridized carbons (Fsp3) is 0.733. The van der Waals surface area contributed by atoms with E-state index in [1.54, 1.807) is 0 Å². The van der Waals surface area contributed by atoms with Gasteiger partial charge in [0.05, 0.1) is 6.04 Å². The number of hydrogen-bond acceptors (Lipinski definition) is 3. The number of rotatable bonds is 3. The third-order valence-corrected chi connectivity index (χ3v) is 6.03. The molecule has 18 heavy (non-hydrogen) atoms. The molecule has 2 nitrogen and oxygen atoms in total. The lowest BCUT2D eigenvalue weighted by atomic mass is 9.77. The number of thiophene rings is 1. The minimum absolute atomic E-state index is 0.462. The Kier molecular flexibility index (Phi) is 3.73. The summed E-state index contributed by atoms with van der Waals surface area (Å²) in [7, 11) is 0. The van der Waals surface area contributed by atoms with Crippen LogP contribution >= 0.6 is 11.3 Å². The molecule has 0 bridgehead atoms. The van der Waals surface area contributed by atoms with E-state index in [-0.39, 0.29) is 0 Å². The predicted octanol–water partition coefficient (Wildman–Crippen LogP) is 3.40. The highest BCUT2D eigenvalue weighted by Crippen LogP contribution is 2.47. The van der Waals surface area contributed by atoms with Crippen molar-refractivity contribution in [3.05, 3.63) is 22.4 Å². The molecule has 2 heterocycles. The number of nitrogens with zero attached hydrogens (tertiary/aromatic N) is 1. The maximum atomic E-state index is 6.00. The number of hydrogen-bond donors (Lipinski definition) is 1. The molecule has 0 radical (unpaired) electrons. The Hall–Kier alpha value is -0.380. The van der Waals surface area contributed by atoms with Gasteiger partial charge in [-0.3, -0.25) is 4.90 Å². The smallest absolute Gasteiger partial charge is 0.0564 e. The van der Waals surface area contributed by atoms with Crippen molar-refractivity contribution < 1.29 is 0 Å². The van der Waals surface area contributed by atoms with E-state index in [2.05, 4.69) is 22.4 Å². The van der Waals surface area contributed by atoms with Crippen molar-refractivity contribution in [2.45, 2.75) is 44.6 Å². The molecule has 1 aliphatic heterocycles. The molecule has 2 aliphatic rings. The summed E-state index contributed by atoms with van der Waals surface area (Å²) in [5, 5.41) is 2.17. The van der Waals surface area contributed by atoms with Gasteiger partial charge in [-0.15, -0.1) is 11.3 Å². The van der Waals surface area contributed by atoms with Crippen LogP contribution in [0.5, 0.6) is 0 Å². The first kappa shape index (κ1) is 12.6. The molecule has 1 aliphatic carbocycles. The first-order valence-corrected chi connectivity index (χ1v) is 8.18. The first-order valence-electron chi connectivity index (χ1n) is 7.31. The van der Waals surface area contributed by atoms with Crippen LogP contribution in [0.4, 0.5) is 0 Å². The van der Waals surface area contributed by atoms with Crippen molar-refractivity contribution in [2.24, 2.45) is 11.1 Å². The van der Waals surface area contributed by atoms with Gasteiger partial charge in [-0.2, -0.15) is 0 Å². The van der Waals surface area contributed by atoms with Crippen molar-refractivity contribution >= 4 is 11.3 Å². The highest BCUT2D eigenvalue weighted by atomic mass is 32.1. The summed E-state index contributed by atoms with van der Waals surface area (Å²) in [6.45, 7) is 3.26. The maximum absolute atomic E-state index is 6.00. The normalized spacial score (nSPS) is 25.6. The Morgan fingerprint density at radius 3 is 2.50 bits per heavy atom. The molecule has 3 rings (SSSR count). The summed E-state index contributed by atoms with van der Waals surface area (Å²) < 4.78 is 0. The second-order valence-electron chi connectivity index (χ2n) is 6.01. The van der Waals surface area contributed by atoms with Crippen LogP contribution in [0.2, 0.25) is 0 Å². The summed E-state index contributed by atoms with van der Waals surface area (Å²) >= 11 is 1.85. The molecule has 1 aromatic heterocycles. The fourth-order valence-corrected chi connectivity index (χ4v) is 4.73. The van der Waals surface area contributed by atoms with E-state index in [0.717, 1.165) is 6.54 Å². The Morgan fingerprint density at radius 2 is 1.94 bits per heavy atom. The van der Waals surface area contributed by atoms with E-state index in [4.69, 9.17) is 5.73 Å². The van der Waals surface area contributed by atoms with E-state index in [9.17, 15) is 0 Å². The van der Waals surface area contributed by atoms with Crippen molar-refractivity contribution in [2.75, 3.05) is 19.6 Å². The molecule has 1 unspecified atom stereocenters. The Labute approximate surface area is 114 Å². The van der Waals surface area contributed by atoms with E-state index in [1.807, 2.05) is 11.3 Å². The van der Waals surface area contributed by atoms with Gasteiger partial charge in [-0.1, -0.05) is 18.9 Å². The molecule has 2 N–H and O–H groups in total. The molecule has 1 saturated heterocycles. The fourth-order valence-electron chi connectivity index (χ4n) is 3.86. The number of nitrogens with two attached hydrogens (primary N) is 1. The lowest BCUT2D eigenvalue weighted by Crippen LogP contribution is -2.42. The molecule has 2 fully saturated rings. The molecule has 3 heteroatoms. The van der Waals surface area contributed by atoms with Gasteiger partial charge in [0, 0.05) is 11.4 Å². The van der Waals surface area contributed by atoms with Crippen molar-refractivity contribution in [3.63, 3.8) is 0 Å². The average Bonchev–Trinajstić information content (AvgIpc) is 3.05. The Balaban J connectivity index is 1.64. The van der Waals surface area contributed by atoms with E-state index < -0.39 is 0 Å². The van der Waals surface area contributed by atoms with Crippen molar-refractivity contribution in [1.82, 2.24) is 4.90 Å². The van der Waals surface area contributed by atoms with Gasteiger partial charge >= 0.3 is 0 Å². The molecular weight excluding hydrogens is 240 g/mol. The van der Waals surface area contributed by atoms with E-state index in [0.29, 0.717) is 11.5 Å². The molecule has 0 amide bonds. The Bertz CT molecular complexity index is 358. The van der Waals surface area contributed by atoms with Crippen LogP contribution in [-0.2, 0) is 0 Å². The molecule has 100 valence electrons. The zero-order valence-electron chi connectivity index (χ0n) is 11.1. The van der Waals surface area contributed by atoms with Gasteiger partial charge in [0.1, 0.15) is 0 Å². The minimum atomic E-state index is 0.462. The minimum Gasteiger partial charge on any atom is -0.329 e. The van der Waals surface area contributed by atoms with Crippen LogP contribution in [-0.4, -0.2) is 24.5 Å². The highest BCUT2D eigenvalue weighted by molar-refractivity contribution is 7.10. The van der Waals surface area contributed by atoms with Gasteiger partial charge in [0.25, 0.3) is 0 Å². The van der Waals surface area contributed by atoms with E-state index in [1.165, 1.54) is 56.5 Å². The molecule has 1 spiro atoms. The van der Waals surface area contributed by atoms with Gasteiger partial charge < -0.3 is 5.73 Å². The monoisotopic (exact) mass is 264 g/mol. The first-order chi connectivity index (χ1) is 8.83. The zero-order valence-corrected chi connectivity index (χ0v) is 11.9. The van der Waals surface area contributed by atoms with Crippen LogP contribution in [0.3, 0.4) is 0 Å².